The second-order valence-corrected chi connectivity index (χ2v) is 12.6. The van der Waals surface area contributed by atoms with Crippen molar-refractivity contribution in [2.75, 3.05) is 6.61 Å². The number of hydrogen-bond donors (Lipinski definition) is 1. The number of carbonyl (C=O) groups is 3. The van der Waals surface area contributed by atoms with Gasteiger partial charge in [0.15, 0.2) is 0 Å². The van der Waals surface area contributed by atoms with E-state index in [0.717, 1.165) is 0 Å². The highest BCUT2D eigenvalue weighted by molar-refractivity contribution is 5.67. The summed E-state index contributed by atoms with van der Waals surface area (Å²) in [4.78, 5) is 49.9. The van der Waals surface area contributed by atoms with Gasteiger partial charge in [0.05, 0.1) is 6.10 Å². The minimum atomic E-state index is -1.33. The molecule has 10 heteroatoms. The summed E-state index contributed by atoms with van der Waals surface area (Å²) < 4.78 is 29.5. The largest absolute Gasteiger partial charge is 0.482 e. The summed E-state index contributed by atoms with van der Waals surface area (Å²) in [5.41, 5.74) is -2.90. The van der Waals surface area contributed by atoms with E-state index in [1.807, 2.05) is 32.0 Å². The van der Waals surface area contributed by atoms with Crippen LogP contribution in [0.4, 0.5) is 0 Å². The van der Waals surface area contributed by atoms with Crippen LogP contribution in [0.15, 0.2) is 45.6 Å². The van der Waals surface area contributed by atoms with E-state index in [1.165, 1.54) is 20.8 Å². The van der Waals surface area contributed by atoms with Crippen LogP contribution >= 0.6 is 0 Å². The Morgan fingerprint density at radius 1 is 0.976 bits per heavy atom. The number of aliphatic hydroxyl groups excluding tert-OH is 1. The van der Waals surface area contributed by atoms with Gasteiger partial charge in [-0.1, -0.05) is 44.2 Å². The van der Waals surface area contributed by atoms with Gasteiger partial charge >= 0.3 is 23.5 Å². The molecule has 2 aromatic rings. The van der Waals surface area contributed by atoms with Crippen molar-refractivity contribution in [1.29, 1.82) is 0 Å². The number of ether oxygens (including phenoxy) is 4. The third-order valence-electron chi connectivity index (χ3n) is 9.84. The van der Waals surface area contributed by atoms with Crippen molar-refractivity contribution < 1.29 is 42.9 Å². The molecule has 2 aliphatic carbocycles. The van der Waals surface area contributed by atoms with Crippen LogP contribution in [0.1, 0.15) is 72.5 Å². The zero-order chi connectivity index (χ0) is 30.6. The molecule has 1 aliphatic heterocycles. The zero-order valence-corrected chi connectivity index (χ0v) is 24.8. The van der Waals surface area contributed by atoms with E-state index in [1.54, 1.807) is 25.1 Å². The minimum absolute atomic E-state index is 0.00408. The van der Waals surface area contributed by atoms with Crippen LogP contribution in [-0.4, -0.2) is 47.4 Å². The van der Waals surface area contributed by atoms with E-state index in [0.29, 0.717) is 18.4 Å². The summed E-state index contributed by atoms with van der Waals surface area (Å²) in [6.45, 7) is 9.61. The number of aliphatic hydroxyl groups is 1. The third-order valence-corrected chi connectivity index (χ3v) is 9.84. The third kappa shape index (κ3) is 4.79. The van der Waals surface area contributed by atoms with Crippen molar-refractivity contribution in [1.82, 2.24) is 0 Å². The molecule has 1 N–H and O–H groups in total. The van der Waals surface area contributed by atoms with Crippen LogP contribution in [0.25, 0.3) is 11.3 Å². The Balaban J connectivity index is 1.66. The maximum atomic E-state index is 13.4. The molecule has 0 radical (unpaired) electrons. The fraction of sp³-hybridized carbons (Fsp3) is 0.562. The number of benzene rings is 1. The first kappa shape index (κ1) is 29.8. The molecule has 3 aliphatic rings. The van der Waals surface area contributed by atoms with Gasteiger partial charge < -0.3 is 28.5 Å². The molecular formula is C32H38O10. The molecule has 2 saturated carbocycles. The summed E-state index contributed by atoms with van der Waals surface area (Å²) in [5.74, 6) is -2.12. The Labute approximate surface area is 244 Å². The summed E-state index contributed by atoms with van der Waals surface area (Å²) in [5, 5.41) is 12.1. The quantitative estimate of drug-likeness (QED) is 0.400. The Morgan fingerprint density at radius 3 is 2.24 bits per heavy atom. The van der Waals surface area contributed by atoms with Gasteiger partial charge in [-0.2, -0.15) is 0 Å². The average molecular weight is 583 g/mol. The monoisotopic (exact) mass is 582 g/mol. The number of rotatable bonds is 5. The molecule has 2 heterocycles. The first-order valence-electron chi connectivity index (χ1n) is 14.3. The number of fused-ring (bicyclic) bond motifs is 4. The molecule has 10 nitrogen and oxygen atoms in total. The lowest BCUT2D eigenvalue weighted by Crippen LogP contribution is -2.71. The molecule has 0 saturated heterocycles. The molecule has 0 spiro atoms. The SMILES string of the molecule is CC(=O)OC[C@]1(C)[C@@H]2C[C@@H](OC(C)=O)[C@@]3(C)Oc4cc(-c5ccccc5)oc(=O)c4[C@@H](O)[C@@H]3[C@@]2(C)CC[C@H]1OC(C)=O. The fourth-order valence-corrected chi connectivity index (χ4v) is 8.13. The van der Waals surface area contributed by atoms with E-state index in [2.05, 4.69) is 0 Å². The maximum Gasteiger partial charge on any atom is 0.345 e. The molecule has 0 unspecified atom stereocenters. The first-order chi connectivity index (χ1) is 19.7. The van der Waals surface area contributed by atoms with Crippen LogP contribution in [0.3, 0.4) is 0 Å². The molecule has 226 valence electrons. The van der Waals surface area contributed by atoms with E-state index < -0.39 is 64.2 Å². The molecule has 42 heavy (non-hydrogen) atoms. The average Bonchev–Trinajstić information content (AvgIpc) is 2.90. The molecule has 5 rings (SSSR count). The molecule has 0 bridgehead atoms. The van der Waals surface area contributed by atoms with Gasteiger partial charge in [0.25, 0.3) is 0 Å². The Morgan fingerprint density at radius 2 is 1.62 bits per heavy atom. The predicted molar refractivity (Wildman–Crippen MR) is 149 cm³/mol. The number of esters is 3. The van der Waals surface area contributed by atoms with Crippen molar-refractivity contribution in [3.63, 3.8) is 0 Å². The van der Waals surface area contributed by atoms with Gasteiger partial charge in [0.2, 0.25) is 0 Å². The minimum Gasteiger partial charge on any atom is -0.482 e. The molecule has 8 atom stereocenters. The lowest BCUT2D eigenvalue weighted by atomic mass is 9.42. The van der Waals surface area contributed by atoms with Gasteiger partial charge in [-0.05, 0) is 37.5 Å². The summed E-state index contributed by atoms with van der Waals surface area (Å²) in [6, 6.07) is 10.7. The molecule has 2 fully saturated rings. The highest BCUT2D eigenvalue weighted by Crippen LogP contribution is 2.67. The molecule has 1 aromatic carbocycles. The van der Waals surface area contributed by atoms with Gasteiger partial charge in [-0.25, -0.2) is 4.79 Å². The molecule has 0 amide bonds. The van der Waals surface area contributed by atoms with Crippen LogP contribution in [0.2, 0.25) is 0 Å². The second kappa shape index (κ2) is 10.6. The highest BCUT2D eigenvalue weighted by Gasteiger charge is 2.70. The smallest absolute Gasteiger partial charge is 0.345 e. The Bertz CT molecular complexity index is 1450. The molecule has 1 aromatic heterocycles. The topological polar surface area (TPSA) is 139 Å². The lowest BCUT2D eigenvalue weighted by molar-refractivity contribution is -0.270. The van der Waals surface area contributed by atoms with E-state index >= 15 is 0 Å². The van der Waals surface area contributed by atoms with Crippen LogP contribution in [0, 0.1) is 22.7 Å². The second-order valence-electron chi connectivity index (χ2n) is 12.6. The Kier molecular flexibility index (Phi) is 7.50. The van der Waals surface area contributed by atoms with Crippen molar-refractivity contribution in [3.8, 4) is 17.1 Å². The standard InChI is InChI=1S/C32H38O10/c1-17(33)38-16-31(5)23-15-25(40-19(3)35)32(6)28(30(23,4)13-12-24(31)39-18(2)34)27(36)26-22(42-32)14-21(41-29(26)37)20-10-8-7-9-11-20/h7-11,14,23-25,27-28,36H,12-13,15-16H2,1-6H3/t23-,24-,25-,27-,28-,30+,31-,32-/m1/s1. The summed E-state index contributed by atoms with van der Waals surface area (Å²) in [7, 11) is 0. The van der Waals surface area contributed by atoms with Crippen molar-refractivity contribution in [2.45, 2.75) is 84.7 Å². The van der Waals surface area contributed by atoms with Crippen LogP contribution in [-0.2, 0) is 28.6 Å². The fourth-order valence-electron chi connectivity index (χ4n) is 8.13. The normalized spacial score (nSPS) is 35.0. The summed E-state index contributed by atoms with van der Waals surface area (Å²) >= 11 is 0. The molecular weight excluding hydrogens is 544 g/mol. The van der Waals surface area contributed by atoms with E-state index in [9.17, 15) is 24.3 Å². The van der Waals surface area contributed by atoms with Crippen LogP contribution < -0.4 is 10.4 Å². The first-order valence-corrected chi connectivity index (χ1v) is 14.3. The van der Waals surface area contributed by atoms with Gasteiger partial charge in [0, 0.05) is 43.7 Å². The lowest BCUT2D eigenvalue weighted by Gasteiger charge is -2.66. The zero-order valence-electron chi connectivity index (χ0n) is 24.8. The van der Waals surface area contributed by atoms with Crippen LogP contribution in [0.5, 0.6) is 5.75 Å². The van der Waals surface area contributed by atoms with Crippen molar-refractivity contribution in [3.05, 3.63) is 52.4 Å². The number of carbonyl (C=O) groups excluding carboxylic acids is 3. The van der Waals surface area contributed by atoms with E-state index in [-0.39, 0.29) is 36.0 Å². The van der Waals surface area contributed by atoms with Gasteiger partial charge in [-0.3, -0.25) is 14.4 Å². The van der Waals surface area contributed by atoms with Crippen molar-refractivity contribution >= 4 is 17.9 Å². The summed E-state index contributed by atoms with van der Waals surface area (Å²) in [6.07, 6.45) is -1.55. The van der Waals surface area contributed by atoms with E-state index in [4.69, 9.17) is 23.4 Å². The highest BCUT2D eigenvalue weighted by atomic mass is 16.6. The van der Waals surface area contributed by atoms with Gasteiger partial charge in [-0.15, -0.1) is 0 Å². The Hall–Kier alpha value is -3.66. The predicted octanol–water partition coefficient (Wildman–Crippen LogP) is 4.36. The van der Waals surface area contributed by atoms with Crippen molar-refractivity contribution in [2.24, 2.45) is 22.7 Å². The van der Waals surface area contributed by atoms with Gasteiger partial charge in [0.1, 0.15) is 41.5 Å². The number of hydrogen-bond acceptors (Lipinski definition) is 10. The maximum absolute atomic E-state index is 13.4.